The fraction of sp³-hybridized carbons (Fsp3) is 0.947. The number of aliphatic hydroxyl groups excluding tert-OH is 1. The molecule has 22 heavy (non-hydrogen) atoms. The van der Waals surface area contributed by atoms with Crippen molar-refractivity contribution in [2.45, 2.75) is 76.1 Å². The minimum atomic E-state index is -0.0662. The average molecular weight is 369 g/mol. The first-order chi connectivity index (χ1) is 10.4. The topological polar surface area (TPSA) is 37.3 Å². The lowest BCUT2D eigenvalue weighted by Crippen LogP contribution is -2.54. The standard InChI is InChI=1S/C19H29BrO2/c1-18-7-5-12(21)9-11(18)3-4-13-14(18)6-8-19(2)15(13)10-16(20)17(19)22/h11-16,21H,3-10H2,1-2H3/t11-,12-,13?,14?,15-,16+,18-,19-/m0/s1. The number of Topliss-reactive ketones (excluding diaryl/α,β-unsaturated/α-hetero) is 1. The first-order valence-corrected chi connectivity index (χ1v) is 10.1. The summed E-state index contributed by atoms with van der Waals surface area (Å²) in [5.41, 5.74) is 0.351. The van der Waals surface area contributed by atoms with Crippen molar-refractivity contribution < 1.29 is 9.90 Å². The van der Waals surface area contributed by atoms with Crippen LogP contribution in [0.3, 0.4) is 0 Å². The summed E-state index contributed by atoms with van der Waals surface area (Å²) in [5, 5.41) is 10.1. The van der Waals surface area contributed by atoms with Gasteiger partial charge >= 0.3 is 0 Å². The van der Waals surface area contributed by atoms with Gasteiger partial charge in [0.05, 0.1) is 10.9 Å². The Hall–Kier alpha value is 0.110. The first kappa shape index (κ1) is 15.6. The predicted octanol–water partition coefficient (Wildman–Crippen LogP) is 4.33. The normalized spacial score (nSPS) is 57.9. The van der Waals surface area contributed by atoms with E-state index in [1.165, 1.54) is 25.7 Å². The van der Waals surface area contributed by atoms with Crippen LogP contribution in [0, 0.1) is 34.5 Å². The first-order valence-electron chi connectivity index (χ1n) is 9.23. The number of alkyl halides is 1. The highest BCUT2D eigenvalue weighted by Crippen LogP contribution is 2.65. The minimum absolute atomic E-state index is 0.0628. The van der Waals surface area contributed by atoms with Gasteiger partial charge in [0, 0.05) is 5.41 Å². The van der Waals surface area contributed by atoms with E-state index in [0.29, 0.717) is 23.0 Å². The number of ketones is 1. The monoisotopic (exact) mass is 368 g/mol. The largest absolute Gasteiger partial charge is 0.393 e. The second kappa shape index (κ2) is 5.05. The molecule has 3 heteroatoms. The Morgan fingerprint density at radius 3 is 2.59 bits per heavy atom. The third-order valence-electron chi connectivity index (χ3n) is 8.34. The summed E-state index contributed by atoms with van der Waals surface area (Å²) in [6.45, 7) is 4.75. The minimum Gasteiger partial charge on any atom is -0.393 e. The molecule has 4 fully saturated rings. The van der Waals surface area contributed by atoms with Crippen LogP contribution < -0.4 is 0 Å². The molecule has 4 aliphatic rings. The van der Waals surface area contributed by atoms with E-state index in [1.807, 2.05) is 0 Å². The molecule has 0 radical (unpaired) electrons. The van der Waals surface area contributed by atoms with Crippen molar-refractivity contribution in [3.8, 4) is 0 Å². The maximum absolute atomic E-state index is 12.7. The van der Waals surface area contributed by atoms with Crippen LogP contribution in [0.1, 0.15) is 65.2 Å². The molecule has 124 valence electrons. The molecule has 8 atom stereocenters. The third-order valence-corrected chi connectivity index (χ3v) is 9.13. The van der Waals surface area contributed by atoms with E-state index in [0.717, 1.165) is 37.5 Å². The van der Waals surface area contributed by atoms with Gasteiger partial charge < -0.3 is 5.11 Å². The van der Waals surface area contributed by atoms with E-state index >= 15 is 0 Å². The molecule has 0 saturated heterocycles. The van der Waals surface area contributed by atoms with Gasteiger partial charge in [-0.1, -0.05) is 29.8 Å². The average Bonchev–Trinajstić information content (AvgIpc) is 2.72. The molecule has 1 N–H and O–H groups in total. The SMILES string of the molecule is C[C@]12CCC3C(CC[C@H]4C[C@@H](O)CC[C@]34C)[C@@H]1C[C@@H](Br)C2=O. The summed E-state index contributed by atoms with van der Waals surface area (Å²) >= 11 is 3.65. The summed E-state index contributed by atoms with van der Waals surface area (Å²) in [6, 6.07) is 0. The zero-order chi connectivity index (χ0) is 15.7. The van der Waals surface area contributed by atoms with Gasteiger partial charge in [0.2, 0.25) is 0 Å². The Morgan fingerprint density at radius 1 is 1.05 bits per heavy atom. The Kier molecular flexibility index (Phi) is 3.59. The lowest BCUT2D eigenvalue weighted by Gasteiger charge is -2.60. The molecule has 0 aromatic rings. The molecular weight excluding hydrogens is 340 g/mol. The van der Waals surface area contributed by atoms with Crippen LogP contribution in [0.25, 0.3) is 0 Å². The van der Waals surface area contributed by atoms with Crippen LogP contribution in [-0.4, -0.2) is 21.8 Å². The highest BCUT2D eigenvalue weighted by Gasteiger charge is 2.61. The van der Waals surface area contributed by atoms with Crippen molar-refractivity contribution in [2.24, 2.45) is 34.5 Å². The third kappa shape index (κ3) is 1.97. The molecule has 0 bridgehead atoms. The molecule has 0 amide bonds. The fourth-order valence-electron chi connectivity index (χ4n) is 6.98. The molecule has 0 heterocycles. The molecule has 4 aliphatic carbocycles. The highest BCUT2D eigenvalue weighted by molar-refractivity contribution is 9.10. The Morgan fingerprint density at radius 2 is 1.82 bits per heavy atom. The smallest absolute Gasteiger partial charge is 0.152 e. The summed E-state index contributed by atoms with van der Waals surface area (Å²) < 4.78 is 0. The van der Waals surface area contributed by atoms with Gasteiger partial charge in [-0.3, -0.25) is 4.79 Å². The van der Waals surface area contributed by atoms with Crippen LogP contribution in [0.2, 0.25) is 0 Å². The molecule has 2 unspecified atom stereocenters. The fourth-order valence-corrected chi connectivity index (χ4v) is 7.91. The van der Waals surface area contributed by atoms with E-state index < -0.39 is 0 Å². The Balaban J connectivity index is 1.64. The van der Waals surface area contributed by atoms with E-state index in [1.54, 1.807) is 0 Å². The van der Waals surface area contributed by atoms with Crippen molar-refractivity contribution >= 4 is 21.7 Å². The van der Waals surface area contributed by atoms with Gasteiger partial charge in [-0.25, -0.2) is 0 Å². The van der Waals surface area contributed by atoms with Crippen LogP contribution in [0.15, 0.2) is 0 Å². The number of carbonyl (C=O) groups is 1. The molecular formula is C19H29BrO2. The maximum atomic E-state index is 12.7. The predicted molar refractivity (Wildman–Crippen MR) is 90.8 cm³/mol. The Bertz CT molecular complexity index is 492. The lowest BCUT2D eigenvalue weighted by atomic mass is 9.45. The molecule has 0 aromatic heterocycles. The number of rotatable bonds is 0. The van der Waals surface area contributed by atoms with Gasteiger partial charge in [0.15, 0.2) is 5.78 Å². The maximum Gasteiger partial charge on any atom is 0.152 e. The number of hydrogen-bond acceptors (Lipinski definition) is 2. The zero-order valence-electron chi connectivity index (χ0n) is 13.9. The second-order valence-electron chi connectivity index (χ2n) is 9.11. The van der Waals surface area contributed by atoms with E-state index in [-0.39, 0.29) is 16.3 Å². The van der Waals surface area contributed by atoms with Crippen molar-refractivity contribution in [1.82, 2.24) is 0 Å². The number of aliphatic hydroxyl groups is 1. The van der Waals surface area contributed by atoms with Gasteiger partial charge in [0.1, 0.15) is 0 Å². The molecule has 2 nitrogen and oxygen atoms in total. The second-order valence-corrected chi connectivity index (χ2v) is 10.2. The molecule has 4 rings (SSSR count). The van der Waals surface area contributed by atoms with Crippen molar-refractivity contribution in [3.63, 3.8) is 0 Å². The highest BCUT2D eigenvalue weighted by atomic mass is 79.9. The summed E-state index contributed by atoms with van der Waals surface area (Å²) in [4.78, 5) is 12.8. The van der Waals surface area contributed by atoms with Gasteiger partial charge in [0.25, 0.3) is 0 Å². The van der Waals surface area contributed by atoms with Crippen LogP contribution >= 0.6 is 15.9 Å². The molecule has 0 aromatic carbocycles. The van der Waals surface area contributed by atoms with E-state index in [2.05, 4.69) is 29.8 Å². The van der Waals surface area contributed by atoms with Gasteiger partial charge in [-0.05, 0) is 80.5 Å². The number of fused-ring (bicyclic) bond motifs is 5. The van der Waals surface area contributed by atoms with E-state index in [9.17, 15) is 9.90 Å². The zero-order valence-corrected chi connectivity index (χ0v) is 15.4. The molecule has 4 saturated carbocycles. The Labute approximate surface area is 142 Å². The van der Waals surface area contributed by atoms with Gasteiger partial charge in [-0.2, -0.15) is 0 Å². The summed E-state index contributed by atoms with van der Waals surface area (Å²) in [7, 11) is 0. The van der Waals surface area contributed by atoms with Crippen molar-refractivity contribution in [3.05, 3.63) is 0 Å². The number of hydrogen-bond donors (Lipinski definition) is 1. The lowest BCUT2D eigenvalue weighted by molar-refractivity contribution is -0.142. The molecule has 0 aliphatic heterocycles. The van der Waals surface area contributed by atoms with Crippen LogP contribution in [-0.2, 0) is 4.79 Å². The van der Waals surface area contributed by atoms with Crippen LogP contribution in [0.5, 0.6) is 0 Å². The van der Waals surface area contributed by atoms with Crippen molar-refractivity contribution in [2.75, 3.05) is 0 Å². The summed E-state index contributed by atoms with van der Waals surface area (Å²) in [5.74, 6) is 3.29. The quantitative estimate of drug-likeness (QED) is 0.646. The molecule has 0 spiro atoms. The number of halogens is 1. The van der Waals surface area contributed by atoms with Crippen molar-refractivity contribution in [1.29, 1.82) is 0 Å². The van der Waals surface area contributed by atoms with E-state index in [4.69, 9.17) is 0 Å². The van der Waals surface area contributed by atoms with Crippen LogP contribution in [0.4, 0.5) is 0 Å². The summed E-state index contributed by atoms with van der Waals surface area (Å²) in [6.07, 6.45) is 9.04. The number of carbonyl (C=O) groups excluding carboxylic acids is 1. The van der Waals surface area contributed by atoms with Gasteiger partial charge in [-0.15, -0.1) is 0 Å².